The minimum Gasteiger partial charge on any atom is -0.462 e. The Morgan fingerprint density at radius 1 is 0.309 bits per heavy atom. The molecule has 1 unspecified atom stereocenters. The van der Waals surface area contributed by atoms with Gasteiger partial charge in [-0.1, -0.05) is 229 Å². The van der Waals surface area contributed by atoms with Gasteiger partial charge in [0.2, 0.25) is 0 Å². The minimum atomic E-state index is -0.786. The van der Waals surface area contributed by atoms with Crippen molar-refractivity contribution in [3.8, 4) is 0 Å². The summed E-state index contributed by atoms with van der Waals surface area (Å²) in [5.74, 6) is -0.900. The lowest BCUT2D eigenvalue weighted by Gasteiger charge is -2.18. The van der Waals surface area contributed by atoms with E-state index in [9.17, 15) is 14.4 Å². The summed E-state index contributed by atoms with van der Waals surface area (Å²) in [5.41, 5.74) is 0. The first kappa shape index (κ1) is 64.8. The van der Waals surface area contributed by atoms with Crippen molar-refractivity contribution in [2.75, 3.05) is 13.2 Å². The second kappa shape index (κ2) is 56.4. The Morgan fingerprint density at radius 3 is 0.941 bits per heavy atom. The summed E-state index contributed by atoms with van der Waals surface area (Å²) in [6.45, 7) is 6.49. The molecule has 0 heterocycles. The van der Waals surface area contributed by atoms with Gasteiger partial charge in [-0.15, -0.1) is 0 Å². The van der Waals surface area contributed by atoms with Crippen LogP contribution in [0.4, 0.5) is 0 Å². The molecular formula is C62H108O6. The fraction of sp³-hybridized carbons (Fsp3) is 0.758. The molecule has 0 aromatic rings. The van der Waals surface area contributed by atoms with Crippen LogP contribution in [0.25, 0.3) is 0 Å². The second-order valence-corrected chi connectivity index (χ2v) is 19.2. The predicted molar refractivity (Wildman–Crippen MR) is 293 cm³/mol. The number of esters is 3. The molecule has 0 spiro atoms. The van der Waals surface area contributed by atoms with E-state index in [-0.39, 0.29) is 31.1 Å². The molecule has 0 fully saturated rings. The molecule has 0 rings (SSSR count). The molecule has 0 aliphatic heterocycles. The third-order valence-corrected chi connectivity index (χ3v) is 12.4. The quantitative estimate of drug-likeness (QED) is 0.0262. The number of carbonyl (C=O) groups is 3. The Labute approximate surface area is 421 Å². The van der Waals surface area contributed by atoms with Crippen molar-refractivity contribution in [1.82, 2.24) is 0 Å². The van der Waals surface area contributed by atoms with Crippen LogP contribution in [0.5, 0.6) is 0 Å². The first-order valence-electron chi connectivity index (χ1n) is 28.9. The van der Waals surface area contributed by atoms with E-state index in [4.69, 9.17) is 14.2 Å². The van der Waals surface area contributed by atoms with Crippen molar-refractivity contribution in [1.29, 1.82) is 0 Å². The van der Waals surface area contributed by atoms with Gasteiger partial charge in [0.25, 0.3) is 0 Å². The summed E-state index contributed by atoms with van der Waals surface area (Å²) >= 11 is 0. The van der Waals surface area contributed by atoms with Crippen molar-refractivity contribution in [3.63, 3.8) is 0 Å². The highest BCUT2D eigenvalue weighted by molar-refractivity contribution is 5.71. The maximum atomic E-state index is 12.8. The average molecular weight is 950 g/mol. The smallest absolute Gasteiger partial charge is 0.306 e. The molecule has 6 heteroatoms. The van der Waals surface area contributed by atoms with E-state index in [2.05, 4.69) is 93.7 Å². The van der Waals surface area contributed by atoms with Crippen LogP contribution in [-0.4, -0.2) is 37.2 Å². The van der Waals surface area contributed by atoms with Gasteiger partial charge in [-0.3, -0.25) is 14.4 Å². The molecule has 6 nitrogen and oxygen atoms in total. The highest BCUT2D eigenvalue weighted by Gasteiger charge is 2.19. The molecule has 0 aromatic heterocycles. The number of carbonyl (C=O) groups excluding carboxylic acids is 3. The minimum absolute atomic E-state index is 0.0838. The second-order valence-electron chi connectivity index (χ2n) is 19.2. The topological polar surface area (TPSA) is 78.9 Å². The Balaban J connectivity index is 4.35. The van der Waals surface area contributed by atoms with Gasteiger partial charge in [0.05, 0.1) is 0 Å². The number of unbranched alkanes of at least 4 members (excludes halogenated alkanes) is 29. The third-order valence-electron chi connectivity index (χ3n) is 12.4. The van der Waals surface area contributed by atoms with Gasteiger partial charge in [0, 0.05) is 19.3 Å². The van der Waals surface area contributed by atoms with Crippen LogP contribution >= 0.6 is 0 Å². The van der Waals surface area contributed by atoms with Crippen LogP contribution in [0.2, 0.25) is 0 Å². The van der Waals surface area contributed by atoms with Crippen molar-refractivity contribution in [2.24, 2.45) is 0 Å². The molecule has 1 atom stereocenters. The van der Waals surface area contributed by atoms with Crippen LogP contribution in [-0.2, 0) is 28.6 Å². The number of ether oxygens (including phenoxy) is 3. The van der Waals surface area contributed by atoms with Crippen LogP contribution in [0.1, 0.15) is 284 Å². The standard InChI is InChI=1S/C62H108O6/c1-4-7-10-13-16-19-22-25-27-29-30-31-32-34-35-37-40-43-46-49-52-55-61(64)67-58-59(57-66-60(63)54-51-48-45-42-39-24-21-18-15-12-9-6-3)68-62(65)56-53-50-47-44-41-38-36-33-28-26-23-20-17-14-11-8-5-2/h8,11,17-18,20-22,25-26,28-30,59H,4-7,9-10,12-16,19,23-24,27,31-58H2,1-3H3/b11-8-,20-17-,21-18-,25-22-,28-26-,30-29-. The molecule has 0 N–H and O–H groups in total. The van der Waals surface area contributed by atoms with Crippen molar-refractivity contribution in [3.05, 3.63) is 72.9 Å². The maximum absolute atomic E-state index is 12.8. The Morgan fingerprint density at radius 2 is 0.574 bits per heavy atom. The summed E-state index contributed by atoms with van der Waals surface area (Å²) in [6.07, 6.45) is 71.8. The summed E-state index contributed by atoms with van der Waals surface area (Å²) in [4.78, 5) is 38.1. The lowest BCUT2D eigenvalue weighted by Crippen LogP contribution is -2.30. The molecular weight excluding hydrogens is 841 g/mol. The summed E-state index contributed by atoms with van der Waals surface area (Å²) in [5, 5.41) is 0. The van der Waals surface area contributed by atoms with Gasteiger partial charge >= 0.3 is 17.9 Å². The molecule has 0 saturated heterocycles. The van der Waals surface area contributed by atoms with Crippen LogP contribution in [0.3, 0.4) is 0 Å². The molecule has 0 aliphatic carbocycles. The fourth-order valence-electron chi connectivity index (χ4n) is 8.07. The maximum Gasteiger partial charge on any atom is 0.306 e. The van der Waals surface area contributed by atoms with E-state index in [1.165, 1.54) is 148 Å². The number of rotatable bonds is 52. The number of hydrogen-bond acceptors (Lipinski definition) is 6. The van der Waals surface area contributed by atoms with Gasteiger partial charge in [-0.25, -0.2) is 0 Å². The zero-order valence-electron chi connectivity index (χ0n) is 44.9. The van der Waals surface area contributed by atoms with E-state index < -0.39 is 6.10 Å². The van der Waals surface area contributed by atoms with E-state index in [0.29, 0.717) is 19.3 Å². The van der Waals surface area contributed by atoms with Gasteiger partial charge in [-0.2, -0.15) is 0 Å². The Bertz CT molecular complexity index is 1270. The zero-order valence-corrected chi connectivity index (χ0v) is 44.9. The van der Waals surface area contributed by atoms with Crippen molar-refractivity contribution in [2.45, 2.75) is 290 Å². The van der Waals surface area contributed by atoms with Crippen molar-refractivity contribution < 1.29 is 28.6 Å². The van der Waals surface area contributed by atoms with E-state index in [1.807, 2.05) is 0 Å². The van der Waals surface area contributed by atoms with Crippen LogP contribution in [0.15, 0.2) is 72.9 Å². The van der Waals surface area contributed by atoms with Crippen molar-refractivity contribution >= 4 is 17.9 Å². The van der Waals surface area contributed by atoms with E-state index in [0.717, 1.165) is 96.3 Å². The highest BCUT2D eigenvalue weighted by Crippen LogP contribution is 2.15. The molecule has 0 aliphatic rings. The van der Waals surface area contributed by atoms with Crippen LogP contribution in [0, 0.1) is 0 Å². The highest BCUT2D eigenvalue weighted by atomic mass is 16.6. The Kier molecular flexibility index (Phi) is 53.8. The summed E-state index contributed by atoms with van der Waals surface area (Å²) in [6, 6.07) is 0. The largest absolute Gasteiger partial charge is 0.462 e. The van der Waals surface area contributed by atoms with Gasteiger partial charge in [0.1, 0.15) is 13.2 Å². The fourth-order valence-corrected chi connectivity index (χ4v) is 8.07. The number of allylic oxidation sites excluding steroid dienone is 12. The van der Waals surface area contributed by atoms with E-state index in [1.54, 1.807) is 0 Å². The average Bonchev–Trinajstić information content (AvgIpc) is 3.34. The molecule has 0 amide bonds. The van der Waals surface area contributed by atoms with Crippen LogP contribution < -0.4 is 0 Å². The molecule has 0 bridgehead atoms. The monoisotopic (exact) mass is 949 g/mol. The Hall–Kier alpha value is -3.15. The van der Waals surface area contributed by atoms with E-state index >= 15 is 0 Å². The molecule has 68 heavy (non-hydrogen) atoms. The first-order valence-corrected chi connectivity index (χ1v) is 28.9. The number of hydrogen-bond donors (Lipinski definition) is 0. The SMILES string of the molecule is CC/C=C\C/C=C\C/C=C\CCCCCCCCCC(=O)OC(COC(=O)CCCCCCC/C=C\CCCCC)COC(=O)CCCCCCCCCCC/C=C\C/C=C\CCCCCCC. The predicted octanol–water partition coefficient (Wildman–Crippen LogP) is 19.4. The zero-order chi connectivity index (χ0) is 49.3. The summed E-state index contributed by atoms with van der Waals surface area (Å²) in [7, 11) is 0. The molecule has 0 aromatic carbocycles. The normalized spacial score (nSPS) is 12.6. The van der Waals surface area contributed by atoms with Gasteiger partial charge < -0.3 is 14.2 Å². The van der Waals surface area contributed by atoms with Gasteiger partial charge in [0.15, 0.2) is 6.10 Å². The lowest BCUT2D eigenvalue weighted by atomic mass is 10.1. The first-order chi connectivity index (χ1) is 33.5. The third kappa shape index (κ3) is 53.8. The molecule has 0 saturated carbocycles. The summed E-state index contributed by atoms with van der Waals surface area (Å²) < 4.78 is 16.9. The molecule has 392 valence electrons. The van der Waals surface area contributed by atoms with Gasteiger partial charge in [-0.05, 0) is 109 Å². The molecule has 0 radical (unpaired) electrons. The lowest BCUT2D eigenvalue weighted by molar-refractivity contribution is -0.167.